The molecule has 0 aromatic heterocycles. The normalized spacial score (nSPS) is 34.2. The van der Waals surface area contributed by atoms with Gasteiger partial charge >= 0.3 is 5.97 Å². The van der Waals surface area contributed by atoms with Crippen LogP contribution in [0.4, 0.5) is 0 Å². The van der Waals surface area contributed by atoms with Crippen molar-refractivity contribution in [2.75, 3.05) is 20.2 Å². The summed E-state index contributed by atoms with van der Waals surface area (Å²) in [7, 11) is 1.32. The summed E-state index contributed by atoms with van der Waals surface area (Å²) in [5, 5.41) is 10.6. The molecule has 1 aliphatic heterocycles. The maximum absolute atomic E-state index is 12.9. The molecule has 0 amide bonds. The second-order valence-corrected chi connectivity index (χ2v) is 7.00. The molecule has 1 aliphatic carbocycles. The molecule has 1 heterocycles. The van der Waals surface area contributed by atoms with Crippen molar-refractivity contribution in [1.29, 1.82) is 0 Å². The molecule has 0 spiro atoms. The Balaban J connectivity index is 1.91. The number of rotatable bonds is 3. The lowest BCUT2D eigenvalue weighted by Gasteiger charge is -2.51. The van der Waals surface area contributed by atoms with E-state index in [0.717, 1.165) is 5.56 Å². The molecule has 5 nitrogen and oxygen atoms in total. The van der Waals surface area contributed by atoms with E-state index in [0.29, 0.717) is 32.5 Å². The van der Waals surface area contributed by atoms with Crippen LogP contribution in [0.2, 0.25) is 0 Å². The Bertz CT molecular complexity index is 613. The fourth-order valence-corrected chi connectivity index (χ4v) is 3.95. The Morgan fingerprint density at radius 1 is 1.35 bits per heavy atom. The summed E-state index contributed by atoms with van der Waals surface area (Å²) in [4.78, 5) is 27.3. The molecule has 1 aromatic carbocycles. The zero-order chi connectivity index (χ0) is 16.7. The van der Waals surface area contributed by atoms with Crippen LogP contribution in [0.5, 0.6) is 0 Å². The van der Waals surface area contributed by atoms with E-state index in [-0.39, 0.29) is 5.78 Å². The zero-order valence-corrected chi connectivity index (χ0v) is 13.6. The van der Waals surface area contributed by atoms with E-state index < -0.39 is 22.9 Å². The predicted molar refractivity (Wildman–Crippen MR) is 84.5 cm³/mol. The molecule has 2 fully saturated rings. The smallest absolute Gasteiger partial charge is 0.320 e. The van der Waals surface area contributed by atoms with E-state index in [4.69, 9.17) is 4.74 Å². The van der Waals surface area contributed by atoms with Crippen molar-refractivity contribution in [2.45, 2.75) is 31.9 Å². The number of nitrogens with zero attached hydrogens (tertiary/aromatic N) is 1. The first-order valence-corrected chi connectivity index (χ1v) is 8.00. The molecule has 1 saturated carbocycles. The van der Waals surface area contributed by atoms with Gasteiger partial charge in [0.05, 0.1) is 18.6 Å². The van der Waals surface area contributed by atoms with Crippen LogP contribution in [-0.2, 0) is 20.9 Å². The van der Waals surface area contributed by atoms with Crippen molar-refractivity contribution >= 4 is 11.8 Å². The van der Waals surface area contributed by atoms with E-state index in [1.807, 2.05) is 30.3 Å². The molecule has 3 rings (SSSR count). The van der Waals surface area contributed by atoms with Gasteiger partial charge in [-0.2, -0.15) is 0 Å². The van der Waals surface area contributed by atoms with Crippen molar-refractivity contribution in [1.82, 2.24) is 4.90 Å². The number of carbonyl (C=O) groups is 2. The lowest BCUT2D eigenvalue weighted by molar-refractivity contribution is -0.180. The van der Waals surface area contributed by atoms with Gasteiger partial charge in [0.1, 0.15) is 5.41 Å². The van der Waals surface area contributed by atoms with Gasteiger partial charge in [0.2, 0.25) is 0 Å². The van der Waals surface area contributed by atoms with Gasteiger partial charge in [0, 0.05) is 19.6 Å². The average molecular weight is 317 g/mol. The number of ketones is 1. The van der Waals surface area contributed by atoms with Crippen LogP contribution in [-0.4, -0.2) is 47.6 Å². The minimum absolute atomic E-state index is 0.162. The fourth-order valence-electron chi connectivity index (χ4n) is 3.95. The van der Waals surface area contributed by atoms with Crippen LogP contribution >= 0.6 is 0 Å². The van der Waals surface area contributed by atoms with Crippen LogP contribution < -0.4 is 0 Å². The minimum Gasteiger partial charge on any atom is -0.468 e. The number of hydrogen-bond donors (Lipinski definition) is 1. The number of methoxy groups -OCH3 is 1. The first-order valence-electron chi connectivity index (χ1n) is 8.00. The lowest BCUT2D eigenvalue weighted by atomic mass is 9.60. The molecule has 1 saturated heterocycles. The number of hydrogen-bond acceptors (Lipinski definition) is 5. The Morgan fingerprint density at radius 2 is 2.04 bits per heavy atom. The van der Waals surface area contributed by atoms with E-state index in [2.05, 4.69) is 4.90 Å². The molecule has 2 bridgehead atoms. The summed E-state index contributed by atoms with van der Waals surface area (Å²) >= 11 is 0. The van der Waals surface area contributed by atoms with Crippen molar-refractivity contribution in [2.24, 2.45) is 11.3 Å². The van der Waals surface area contributed by atoms with Gasteiger partial charge in [0.25, 0.3) is 0 Å². The third kappa shape index (κ3) is 2.68. The Morgan fingerprint density at radius 3 is 2.70 bits per heavy atom. The van der Waals surface area contributed by atoms with Crippen molar-refractivity contribution in [3.63, 3.8) is 0 Å². The van der Waals surface area contributed by atoms with Crippen LogP contribution in [0.3, 0.4) is 0 Å². The highest BCUT2D eigenvalue weighted by atomic mass is 16.5. The molecular formula is C18H23NO4. The number of ether oxygens (including phenoxy) is 1. The maximum atomic E-state index is 12.9. The SMILES string of the molecule is COC(=O)C12CCC(C)(O)C(CN(Cc3ccccc3)C1)C2=O. The molecule has 1 aromatic rings. The van der Waals surface area contributed by atoms with E-state index in [1.165, 1.54) is 7.11 Å². The highest BCUT2D eigenvalue weighted by Gasteiger charge is 2.61. The van der Waals surface area contributed by atoms with Crippen molar-refractivity contribution in [3.8, 4) is 0 Å². The molecule has 23 heavy (non-hydrogen) atoms. The fraction of sp³-hybridized carbons (Fsp3) is 0.556. The summed E-state index contributed by atoms with van der Waals surface area (Å²) in [6.45, 7) is 3.18. The molecular weight excluding hydrogens is 294 g/mol. The largest absolute Gasteiger partial charge is 0.468 e. The molecule has 0 radical (unpaired) electrons. The maximum Gasteiger partial charge on any atom is 0.320 e. The van der Waals surface area contributed by atoms with Crippen molar-refractivity contribution < 1.29 is 19.4 Å². The first kappa shape index (κ1) is 16.1. The van der Waals surface area contributed by atoms with Gasteiger partial charge in [-0.15, -0.1) is 0 Å². The number of piperidine rings is 1. The number of likely N-dealkylation sites (tertiary alicyclic amines) is 1. The van der Waals surface area contributed by atoms with Gasteiger partial charge in [0.15, 0.2) is 5.78 Å². The van der Waals surface area contributed by atoms with Crippen LogP contribution in [0.25, 0.3) is 0 Å². The number of carbonyl (C=O) groups excluding carboxylic acids is 2. The van der Waals surface area contributed by atoms with Crippen LogP contribution in [0.1, 0.15) is 25.3 Å². The quantitative estimate of drug-likeness (QED) is 0.674. The summed E-state index contributed by atoms with van der Waals surface area (Å²) in [6, 6.07) is 9.94. The third-order valence-corrected chi connectivity index (χ3v) is 5.36. The van der Waals surface area contributed by atoms with Gasteiger partial charge in [-0.3, -0.25) is 14.5 Å². The lowest BCUT2D eigenvalue weighted by Crippen LogP contribution is -2.66. The molecule has 2 aliphatic rings. The summed E-state index contributed by atoms with van der Waals surface area (Å²) in [5.41, 5.74) is -1.07. The summed E-state index contributed by atoms with van der Waals surface area (Å²) in [5.74, 6) is -1.18. The third-order valence-electron chi connectivity index (χ3n) is 5.36. The number of fused-ring (bicyclic) bond motifs is 2. The molecule has 3 atom stereocenters. The minimum atomic E-state index is -1.13. The van der Waals surface area contributed by atoms with Gasteiger partial charge in [-0.1, -0.05) is 30.3 Å². The molecule has 124 valence electrons. The predicted octanol–water partition coefficient (Wildman–Crippen LogP) is 1.39. The molecule has 3 unspecified atom stereocenters. The van der Waals surface area contributed by atoms with Gasteiger partial charge < -0.3 is 9.84 Å². The van der Waals surface area contributed by atoms with Crippen LogP contribution in [0, 0.1) is 11.3 Å². The number of Topliss-reactive ketones (excluding diaryl/α,β-unsaturated/α-hetero) is 1. The summed E-state index contributed by atoms with van der Waals surface area (Å²) < 4.78 is 4.94. The Kier molecular flexibility index (Phi) is 4.02. The topological polar surface area (TPSA) is 66.8 Å². The van der Waals surface area contributed by atoms with Crippen molar-refractivity contribution in [3.05, 3.63) is 35.9 Å². The Hall–Kier alpha value is -1.72. The summed E-state index contributed by atoms with van der Waals surface area (Å²) in [6.07, 6.45) is 0.783. The van der Waals surface area contributed by atoms with E-state index in [9.17, 15) is 14.7 Å². The number of esters is 1. The zero-order valence-electron chi connectivity index (χ0n) is 13.6. The average Bonchev–Trinajstić information content (AvgIpc) is 2.54. The second kappa shape index (κ2) is 5.73. The van der Waals surface area contributed by atoms with E-state index in [1.54, 1.807) is 6.92 Å². The Labute approximate surface area is 136 Å². The molecule has 1 N–H and O–H groups in total. The number of aliphatic hydroxyl groups is 1. The highest BCUT2D eigenvalue weighted by molar-refractivity contribution is 6.06. The highest BCUT2D eigenvalue weighted by Crippen LogP contribution is 2.46. The monoisotopic (exact) mass is 317 g/mol. The van der Waals surface area contributed by atoms with Gasteiger partial charge in [-0.25, -0.2) is 0 Å². The van der Waals surface area contributed by atoms with E-state index >= 15 is 0 Å². The molecule has 5 heteroatoms. The first-order chi connectivity index (χ1) is 10.9. The van der Waals surface area contributed by atoms with Crippen LogP contribution in [0.15, 0.2) is 30.3 Å². The second-order valence-electron chi connectivity index (χ2n) is 7.00. The standard InChI is InChI=1S/C18H23NO4/c1-17(22)8-9-18(16(21)23-2)12-19(11-14(17)15(18)20)10-13-6-4-3-5-7-13/h3-7,14,22H,8-12H2,1-2H3. The number of benzene rings is 1. The van der Waals surface area contributed by atoms with Gasteiger partial charge in [-0.05, 0) is 25.3 Å².